The van der Waals surface area contributed by atoms with E-state index >= 15 is 0 Å². The number of aliphatic imine (C=N–C) groups is 1. The second-order valence-corrected chi connectivity index (χ2v) is 13.6. The standard InChI is InChI=1S/C37H57N11O4/c1-25(2)23-31(34(51)45-30(15-9-18-43-36(39)40)35(52)47-19-10-20-48(22-21-47)37(41)42)46-33(50)29(17-16-26-11-5-3-6-12-26)44-32(49)28(38)24-27-13-7-4-8-14-27/h3-8,11-14,25,28-31H,9-10,15-24,38H2,1-2H3,(H3,41,42)(H,44,49)(H,45,51)(H,46,50)(H4,39,40,43)/t28-,29-,30-,31-/m1/s1. The van der Waals surface area contributed by atoms with Crippen LogP contribution in [0.1, 0.15) is 57.1 Å². The molecular formula is C37H57N11O4. The van der Waals surface area contributed by atoms with Gasteiger partial charge < -0.3 is 48.7 Å². The second kappa shape index (κ2) is 21.2. The molecule has 3 rings (SSSR count). The van der Waals surface area contributed by atoms with Crippen molar-refractivity contribution >= 4 is 35.5 Å². The van der Waals surface area contributed by atoms with Crippen LogP contribution < -0.4 is 38.9 Å². The molecule has 0 radical (unpaired) electrons. The number of carbonyl (C=O) groups excluding carboxylic acids is 4. The molecule has 15 nitrogen and oxygen atoms in total. The third-order valence-corrected chi connectivity index (χ3v) is 8.88. The van der Waals surface area contributed by atoms with E-state index in [4.69, 9.17) is 28.3 Å². The van der Waals surface area contributed by atoms with Crippen molar-refractivity contribution in [2.75, 3.05) is 32.7 Å². The molecule has 4 amide bonds. The zero-order valence-electron chi connectivity index (χ0n) is 30.4. The highest BCUT2D eigenvalue weighted by Gasteiger charge is 2.33. The first kappa shape index (κ1) is 41.2. The van der Waals surface area contributed by atoms with Crippen LogP contribution in [0.5, 0.6) is 0 Å². The molecule has 12 N–H and O–H groups in total. The number of rotatable bonds is 18. The van der Waals surface area contributed by atoms with E-state index < -0.39 is 41.9 Å². The number of hydrogen-bond donors (Lipinski definition) is 8. The van der Waals surface area contributed by atoms with E-state index in [1.54, 1.807) is 9.80 Å². The number of hydrogen-bond acceptors (Lipinski definition) is 7. The summed E-state index contributed by atoms with van der Waals surface area (Å²) in [5, 5.41) is 16.4. The summed E-state index contributed by atoms with van der Waals surface area (Å²) in [4.78, 5) is 62.5. The fourth-order valence-electron chi connectivity index (χ4n) is 6.07. The first-order valence-electron chi connectivity index (χ1n) is 18.0. The van der Waals surface area contributed by atoms with Crippen molar-refractivity contribution in [3.8, 4) is 0 Å². The van der Waals surface area contributed by atoms with Crippen LogP contribution in [-0.2, 0) is 32.0 Å². The fourth-order valence-corrected chi connectivity index (χ4v) is 6.07. The molecule has 1 aliphatic rings. The van der Waals surface area contributed by atoms with E-state index in [-0.39, 0.29) is 49.6 Å². The lowest BCUT2D eigenvalue weighted by molar-refractivity contribution is -0.138. The summed E-state index contributed by atoms with van der Waals surface area (Å²) in [6.07, 6.45) is 2.63. The lowest BCUT2D eigenvalue weighted by Crippen LogP contribution is -2.58. The van der Waals surface area contributed by atoms with Gasteiger partial charge in [-0.1, -0.05) is 74.5 Å². The van der Waals surface area contributed by atoms with E-state index in [0.717, 1.165) is 11.1 Å². The molecule has 1 heterocycles. The molecular weight excluding hydrogens is 662 g/mol. The molecule has 1 saturated heterocycles. The van der Waals surface area contributed by atoms with Crippen molar-refractivity contribution in [2.45, 2.75) is 83.0 Å². The lowest BCUT2D eigenvalue weighted by atomic mass is 9.99. The predicted octanol–water partition coefficient (Wildman–Crippen LogP) is 0.171. The normalized spacial score (nSPS) is 15.4. The zero-order chi connectivity index (χ0) is 38.0. The first-order chi connectivity index (χ1) is 24.8. The van der Waals surface area contributed by atoms with Gasteiger partial charge in [-0.2, -0.15) is 0 Å². The minimum atomic E-state index is -0.994. The van der Waals surface area contributed by atoms with E-state index in [0.29, 0.717) is 51.9 Å². The Bertz CT molecular complexity index is 1480. The number of guanidine groups is 2. The number of nitrogens with two attached hydrogens (primary N) is 4. The molecule has 1 aliphatic heterocycles. The zero-order valence-corrected chi connectivity index (χ0v) is 30.4. The van der Waals surface area contributed by atoms with Crippen LogP contribution in [0, 0.1) is 11.3 Å². The van der Waals surface area contributed by atoms with Gasteiger partial charge >= 0.3 is 0 Å². The van der Waals surface area contributed by atoms with Gasteiger partial charge in [0.1, 0.15) is 18.1 Å². The van der Waals surface area contributed by atoms with Crippen molar-refractivity contribution in [2.24, 2.45) is 33.8 Å². The minimum Gasteiger partial charge on any atom is -0.370 e. The number of aryl methyl sites for hydroxylation is 1. The summed E-state index contributed by atoms with van der Waals surface area (Å²) in [5.41, 5.74) is 24.8. The average Bonchev–Trinajstić information content (AvgIpc) is 3.38. The molecule has 1 fully saturated rings. The predicted molar refractivity (Wildman–Crippen MR) is 203 cm³/mol. The van der Waals surface area contributed by atoms with Crippen LogP contribution in [0.15, 0.2) is 65.7 Å². The number of nitrogens with one attached hydrogen (secondary N) is 4. The van der Waals surface area contributed by atoms with Crippen molar-refractivity contribution in [1.82, 2.24) is 25.8 Å². The summed E-state index contributed by atoms with van der Waals surface area (Å²) in [6.45, 7) is 5.83. The molecule has 4 atom stereocenters. The van der Waals surface area contributed by atoms with E-state index in [1.165, 1.54) is 0 Å². The maximum Gasteiger partial charge on any atom is 0.245 e. The molecule has 2 aromatic rings. The summed E-state index contributed by atoms with van der Waals surface area (Å²) in [5.74, 6) is -1.92. The maximum absolute atomic E-state index is 14.0. The van der Waals surface area contributed by atoms with Crippen LogP contribution in [-0.4, -0.2) is 102 Å². The Labute approximate surface area is 306 Å². The molecule has 0 aliphatic carbocycles. The van der Waals surface area contributed by atoms with Crippen LogP contribution in [0.3, 0.4) is 0 Å². The molecule has 0 saturated carbocycles. The monoisotopic (exact) mass is 719 g/mol. The quantitative estimate of drug-likeness (QED) is 0.0593. The number of carbonyl (C=O) groups is 4. The first-order valence-corrected chi connectivity index (χ1v) is 18.0. The van der Waals surface area contributed by atoms with E-state index in [9.17, 15) is 19.2 Å². The van der Waals surface area contributed by atoms with Gasteiger partial charge in [-0.15, -0.1) is 0 Å². The Kier molecular flexibility index (Phi) is 16.9. The van der Waals surface area contributed by atoms with Crippen molar-refractivity contribution in [3.05, 3.63) is 71.8 Å². The summed E-state index contributed by atoms with van der Waals surface area (Å²) >= 11 is 0. The van der Waals surface area contributed by atoms with Gasteiger partial charge in [0.2, 0.25) is 23.6 Å². The molecule has 15 heteroatoms. The van der Waals surface area contributed by atoms with Crippen LogP contribution in [0.25, 0.3) is 0 Å². The second-order valence-electron chi connectivity index (χ2n) is 13.6. The van der Waals surface area contributed by atoms with Gasteiger partial charge in [0.15, 0.2) is 11.9 Å². The van der Waals surface area contributed by atoms with Crippen molar-refractivity contribution in [3.63, 3.8) is 0 Å². The summed E-state index contributed by atoms with van der Waals surface area (Å²) in [6, 6.07) is 15.2. The highest BCUT2D eigenvalue weighted by molar-refractivity contribution is 5.95. The van der Waals surface area contributed by atoms with Gasteiger partial charge in [0.05, 0.1) is 6.04 Å². The van der Waals surface area contributed by atoms with Crippen LogP contribution in [0.2, 0.25) is 0 Å². The molecule has 0 aromatic heterocycles. The van der Waals surface area contributed by atoms with E-state index in [1.807, 2.05) is 74.5 Å². The van der Waals surface area contributed by atoms with E-state index in [2.05, 4.69) is 20.9 Å². The van der Waals surface area contributed by atoms with Crippen LogP contribution in [0.4, 0.5) is 0 Å². The average molecular weight is 720 g/mol. The SMILES string of the molecule is CC(C)C[C@@H](NC(=O)[C@@H](CCc1ccccc1)NC(=O)[C@H](N)Cc1ccccc1)C(=O)N[C@H](CCCN=C(N)N)C(=O)N1CCCN(C(=N)N)CC1. The Morgan fingerprint density at radius 2 is 1.31 bits per heavy atom. The van der Waals surface area contributed by atoms with Crippen molar-refractivity contribution in [1.29, 1.82) is 5.41 Å². The summed E-state index contributed by atoms with van der Waals surface area (Å²) < 4.78 is 0. The Morgan fingerprint density at radius 3 is 1.92 bits per heavy atom. The molecule has 0 bridgehead atoms. The number of nitrogens with zero attached hydrogens (tertiary/aromatic N) is 3. The van der Waals surface area contributed by atoms with Gasteiger partial charge in [-0.05, 0) is 62.0 Å². The number of amides is 4. The Morgan fingerprint density at radius 1 is 0.750 bits per heavy atom. The molecule has 0 unspecified atom stereocenters. The maximum atomic E-state index is 14.0. The highest BCUT2D eigenvalue weighted by atomic mass is 16.2. The molecule has 284 valence electrons. The smallest absolute Gasteiger partial charge is 0.245 e. The van der Waals surface area contributed by atoms with Gasteiger partial charge in [0.25, 0.3) is 0 Å². The van der Waals surface area contributed by atoms with Gasteiger partial charge in [-0.3, -0.25) is 29.6 Å². The third-order valence-electron chi connectivity index (χ3n) is 8.88. The van der Waals surface area contributed by atoms with Gasteiger partial charge in [0, 0.05) is 32.7 Å². The molecule has 0 spiro atoms. The largest absolute Gasteiger partial charge is 0.370 e. The Balaban J connectivity index is 1.78. The van der Waals surface area contributed by atoms with Crippen LogP contribution >= 0.6 is 0 Å². The lowest BCUT2D eigenvalue weighted by Gasteiger charge is -2.29. The molecule has 2 aromatic carbocycles. The topological polar surface area (TPSA) is 251 Å². The van der Waals surface area contributed by atoms with Gasteiger partial charge in [-0.25, -0.2) is 0 Å². The summed E-state index contributed by atoms with van der Waals surface area (Å²) in [7, 11) is 0. The fraction of sp³-hybridized carbons (Fsp3) is 0.514. The number of benzene rings is 2. The Hall–Kier alpha value is -5.18. The highest BCUT2D eigenvalue weighted by Crippen LogP contribution is 2.13. The van der Waals surface area contributed by atoms with Crippen molar-refractivity contribution < 1.29 is 19.2 Å². The third kappa shape index (κ3) is 14.2. The minimum absolute atomic E-state index is 0.00638. The molecule has 52 heavy (non-hydrogen) atoms.